The lowest BCUT2D eigenvalue weighted by molar-refractivity contribution is 0.0855. The van der Waals surface area contributed by atoms with Crippen molar-refractivity contribution in [1.82, 2.24) is 14.7 Å². The molecule has 0 aromatic rings. The summed E-state index contributed by atoms with van der Waals surface area (Å²) in [5, 5.41) is 0. The van der Waals surface area contributed by atoms with E-state index in [-0.39, 0.29) is 11.6 Å². The maximum Gasteiger partial charge on any atom is 0.319 e. The molecular formula is C13H23N5O. The molecule has 0 bridgehead atoms. The van der Waals surface area contributed by atoms with Gasteiger partial charge in [0.2, 0.25) is 0 Å². The number of amides is 2. The van der Waals surface area contributed by atoms with Gasteiger partial charge in [0.1, 0.15) is 0 Å². The van der Waals surface area contributed by atoms with Crippen LogP contribution < -0.4 is 5.73 Å². The van der Waals surface area contributed by atoms with Crippen LogP contribution in [-0.4, -0.2) is 72.0 Å². The largest absolute Gasteiger partial charge is 0.370 e. The van der Waals surface area contributed by atoms with Crippen LogP contribution >= 0.6 is 0 Å². The molecule has 2 heterocycles. The van der Waals surface area contributed by atoms with Crippen LogP contribution in [0.15, 0.2) is 4.99 Å². The van der Waals surface area contributed by atoms with Crippen molar-refractivity contribution in [3.8, 4) is 0 Å². The van der Waals surface area contributed by atoms with Gasteiger partial charge in [0.15, 0.2) is 5.96 Å². The second-order valence-electron chi connectivity index (χ2n) is 6.16. The van der Waals surface area contributed by atoms with Gasteiger partial charge in [0, 0.05) is 33.2 Å². The van der Waals surface area contributed by atoms with Crippen molar-refractivity contribution in [2.45, 2.75) is 37.3 Å². The lowest BCUT2D eigenvalue weighted by Crippen LogP contribution is -2.59. The van der Waals surface area contributed by atoms with Gasteiger partial charge in [-0.15, -0.1) is 0 Å². The molecular weight excluding hydrogens is 242 g/mol. The van der Waals surface area contributed by atoms with Gasteiger partial charge >= 0.3 is 6.03 Å². The summed E-state index contributed by atoms with van der Waals surface area (Å²) in [5.41, 5.74) is 6.15. The molecule has 0 aromatic carbocycles. The standard InChI is InChI=1S/C13H23N5O/c1-16(2)12(19)17-7-5-13(6-8-17)9-15-11(14)18(13)10-3-4-10/h10H,3-9H2,1-2H3,(H2,14,15). The van der Waals surface area contributed by atoms with E-state index in [9.17, 15) is 4.79 Å². The first-order valence-corrected chi connectivity index (χ1v) is 7.09. The van der Waals surface area contributed by atoms with E-state index in [1.165, 1.54) is 12.8 Å². The van der Waals surface area contributed by atoms with E-state index < -0.39 is 0 Å². The van der Waals surface area contributed by atoms with E-state index in [0.29, 0.717) is 6.04 Å². The van der Waals surface area contributed by atoms with Gasteiger partial charge in [-0.25, -0.2) is 4.79 Å². The number of nitrogens with two attached hydrogens (primary N) is 1. The minimum absolute atomic E-state index is 0.0916. The van der Waals surface area contributed by atoms with Crippen LogP contribution in [0.5, 0.6) is 0 Å². The highest BCUT2D eigenvalue weighted by atomic mass is 16.2. The van der Waals surface area contributed by atoms with Crippen LogP contribution in [0.1, 0.15) is 25.7 Å². The second-order valence-corrected chi connectivity index (χ2v) is 6.16. The average Bonchev–Trinajstić information content (AvgIpc) is 3.17. The number of nitrogens with zero attached hydrogens (tertiary/aromatic N) is 4. The highest BCUT2D eigenvalue weighted by molar-refractivity contribution is 5.82. The number of carbonyl (C=O) groups is 1. The highest BCUT2D eigenvalue weighted by Crippen LogP contribution is 2.41. The normalized spacial score (nSPS) is 25.7. The first kappa shape index (κ1) is 12.6. The van der Waals surface area contributed by atoms with E-state index in [1.54, 1.807) is 19.0 Å². The fourth-order valence-corrected chi connectivity index (χ4v) is 3.33. The molecule has 6 nitrogen and oxygen atoms in total. The maximum atomic E-state index is 12.0. The SMILES string of the molecule is CN(C)C(=O)N1CCC2(CC1)CN=C(N)N2C1CC1. The Morgan fingerprint density at radius 1 is 1.37 bits per heavy atom. The minimum atomic E-state index is 0.0916. The Morgan fingerprint density at radius 3 is 2.53 bits per heavy atom. The second kappa shape index (κ2) is 4.28. The molecule has 1 aliphatic carbocycles. The number of aliphatic imine (C=N–C) groups is 1. The number of likely N-dealkylation sites (tertiary alicyclic amines) is 1. The van der Waals surface area contributed by atoms with E-state index in [4.69, 9.17) is 5.73 Å². The van der Waals surface area contributed by atoms with Gasteiger partial charge in [0.25, 0.3) is 0 Å². The fraction of sp³-hybridized carbons (Fsp3) is 0.846. The van der Waals surface area contributed by atoms with Crippen LogP contribution in [0.3, 0.4) is 0 Å². The zero-order chi connectivity index (χ0) is 13.6. The van der Waals surface area contributed by atoms with Gasteiger partial charge in [-0.3, -0.25) is 4.99 Å². The summed E-state index contributed by atoms with van der Waals surface area (Å²) in [6.07, 6.45) is 4.43. The quantitative estimate of drug-likeness (QED) is 0.741. The van der Waals surface area contributed by atoms with Crippen molar-refractivity contribution in [2.75, 3.05) is 33.7 Å². The van der Waals surface area contributed by atoms with Crippen molar-refractivity contribution in [3.63, 3.8) is 0 Å². The molecule has 0 unspecified atom stereocenters. The predicted molar refractivity (Wildman–Crippen MR) is 74.0 cm³/mol. The van der Waals surface area contributed by atoms with Crippen LogP contribution in [-0.2, 0) is 0 Å². The number of rotatable bonds is 1. The number of urea groups is 1. The molecule has 3 rings (SSSR count). The molecule has 2 N–H and O–H groups in total. The van der Waals surface area contributed by atoms with E-state index in [2.05, 4.69) is 9.89 Å². The summed E-state index contributed by atoms with van der Waals surface area (Å²) in [7, 11) is 3.61. The highest BCUT2D eigenvalue weighted by Gasteiger charge is 2.50. The monoisotopic (exact) mass is 265 g/mol. The zero-order valence-electron chi connectivity index (χ0n) is 11.8. The van der Waals surface area contributed by atoms with Gasteiger partial charge in [-0.1, -0.05) is 0 Å². The van der Waals surface area contributed by atoms with Crippen LogP contribution in [0.4, 0.5) is 4.79 Å². The molecule has 106 valence electrons. The molecule has 1 saturated carbocycles. The molecule has 2 fully saturated rings. The molecule has 0 radical (unpaired) electrons. The van der Waals surface area contributed by atoms with Gasteiger partial charge in [-0.2, -0.15) is 0 Å². The lowest BCUT2D eigenvalue weighted by Gasteiger charge is -2.45. The number of guanidine groups is 1. The first-order valence-electron chi connectivity index (χ1n) is 7.09. The van der Waals surface area contributed by atoms with E-state index in [1.807, 2.05) is 4.90 Å². The van der Waals surface area contributed by atoms with Crippen molar-refractivity contribution >= 4 is 12.0 Å². The Hall–Kier alpha value is -1.46. The number of carbonyl (C=O) groups excluding carboxylic acids is 1. The van der Waals surface area contributed by atoms with Gasteiger partial charge < -0.3 is 20.4 Å². The maximum absolute atomic E-state index is 12.0. The smallest absolute Gasteiger partial charge is 0.319 e. The molecule has 2 aliphatic heterocycles. The Labute approximate surface area is 114 Å². The van der Waals surface area contributed by atoms with Crippen molar-refractivity contribution in [2.24, 2.45) is 10.7 Å². The van der Waals surface area contributed by atoms with Crippen LogP contribution in [0, 0.1) is 0 Å². The fourth-order valence-electron chi connectivity index (χ4n) is 3.33. The van der Waals surface area contributed by atoms with Crippen LogP contribution in [0.25, 0.3) is 0 Å². The summed E-state index contributed by atoms with van der Waals surface area (Å²) < 4.78 is 0. The molecule has 0 aromatic heterocycles. The number of piperidine rings is 1. The molecule has 3 aliphatic rings. The Kier molecular flexibility index (Phi) is 2.83. The first-order chi connectivity index (χ1) is 9.03. The summed E-state index contributed by atoms with van der Waals surface area (Å²) in [6, 6.07) is 0.710. The number of hydrogen-bond acceptors (Lipinski definition) is 4. The Balaban J connectivity index is 1.68. The average molecular weight is 265 g/mol. The molecule has 1 spiro atoms. The Bertz CT molecular complexity index is 407. The van der Waals surface area contributed by atoms with Crippen LogP contribution in [0.2, 0.25) is 0 Å². The summed E-state index contributed by atoms with van der Waals surface area (Å²) in [6.45, 7) is 2.42. The van der Waals surface area contributed by atoms with E-state index in [0.717, 1.165) is 38.4 Å². The molecule has 6 heteroatoms. The van der Waals surface area contributed by atoms with Gasteiger partial charge in [-0.05, 0) is 25.7 Å². The molecule has 0 atom stereocenters. The minimum Gasteiger partial charge on any atom is -0.370 e. The molecule has 2 amide bonds. The third-order valence-electron chi connectivity index (χ3n) is 4.55. The van der Waals surface area contributed by atoms with Gasteiger partial charge in [0.05, 0.1) is 12.1 Å². The third kappa shape index (κ3) is 2.03. The number of hydrogen-bond donors (Lipinski definition) is 1. The molecule has 19 heavy (non-hydrogen) atoms. The predicted octanol–water partition coefficient (Wildman–Crippen LogP) is 0.295. The van der Waals surface area contributed by atoms with Crippen molar-refractivity contribution in [1.29, 1.82) is 0 Å². The third-order valence-corrected chi connectivity index (χ3v) is 4.55. The zero-order valence-corrected chi connectivity index (χ0v) is 11.8. The summed E-state index contributed by atoms with van der Waals surface area (Å²) in [4.78, 5) is 22.4. The van der Waals surface area contributed by atoms with Crippen molar-refractivity contribution in [3.05, 3.63) is 0 Å². The Morgan fingerprint density at radius 2 is 2.00 bits per heavy atom. The lowest BCUT2D eigenvalue weighted by atomic mass is 9.86. The topological polar surface area (TPSA) is 65.2 Å². The van der Waals surface area contributed by atoms with E-state index >= 15 is 0 Å². The van der Waals surface area contributed by atoms with Crippen molar-refractivity contribution < 1.29 is 4.79 Å². The molecule has 1 saturated heterocycles. The summed E-state index contributed by atoms with van der Waals surface area (Å²) >= 11 is 0. The summed E-state index contributed by atoms with van der Waals surface area (Å²) in [5.74, 6) is 0.717.